The van der Waals surface area contributed by atoms with Crippen LogP contribution < -0.4 is 5.32 Å². The van der Waals surface area contributed by atoms with E-state index in [4.69, 9.17) is 0 Å². The van der Waals surface area contributed by atoms with Gasteiger partial charge in [-0.1, -0.05) is 27.7 Å². The third-order valence-corrected chi connectivity index (χ3v) is 3.36. The van der Waals surface area contributed by atoms with Crippen molar-refractivity contribution in [1.82, 2.24) is 15.1 Å². The quantitative estimate of drug-likeness (QED) is 0.760. The van der Waals surface area contributed by atoms with Crippen molar-refractivity contribution < 1.29 is 0 Å². The molecule has 3 heteroatoms. The van der Waals surface area contributed by atoms with Gasteiger partial charge in [0.1, 0.15) is 0 Å². The highest BCUT2D eigenvalue weighted by molar-refractivity contribution is 4.81. The number of rotatable bonds is 1. The Balaban J connectivity index is 0.000000581. The topological polar surface area (TPSA) is 18.5 Å². The molecule has 2 fully saturated rings. The molecule has 17 heavy (non-hydrogen) atoms. The van der Waals surface area contributed by atoms with Gasteiger partial charge in [-0.25, -0.2) is 0 Å². The van der Waals surface area contributed by atoms with Crippen molar-refractivity contribution in [3.05, 3.63) is 0 Å². The van der Waals surface area contributed by atoms with Crippen LogP contribution in [-0.2, 0) is 0 Å². The minimum absolute atomic E-state index is 0.873. The second-order valence-electron chi connectivity index (χ2n) is 4.32. The monoisotopic (exact) mass is 243 g/mol. The Bertz CT molecular complexity index is 148. The summed E-state index contributed by atoms with van der Waals surface area (Å²) in [5.41, 5.74) is 0. The number of hydrogen-bond donors (Lipinski definition) is 1. The number of nitrogens with zero attached hydrogens (tertiary/aromatic N) is 2. The molecular formula is C14H33N3. The molecule has 0 atom stereocenters. The lowest BCUT2D eigenvalue weighted by molar-refractivity contribution is 0.109. The predicted molar refractivity (Wildman–Crippen MR) is 77.7 cm³/mol. The van der Waals surface area contributed by atoms with Gasteiger partial charge >= 0.3 is 0 Å². The molecule has 0 bridgehead atoms. The molecule has 0 aromatic carbocycles. The lowest BCUT2D eigenvalue weighted by atomic mass is 10.0. The SMILES string of the molecule is CC.CC.CN1CCC(N2CCNCC2)CC1. The molecule has 0 unspecified atom stereocenters. The largest absolute Gasteiger partial charge is 0.314 e. The Morgan fingerprint density at radius 2 is 1.29 bits per heavy atom. The first kappa shape index (κ1) is 16.9. The van der Waals surface area contributed by atoms with Gasteiger partial charge in [-0.15, -0.1) is 0 Å². The van der Waals surface area contributed by atoms with Crippen LogP contribution in [0.15, 0.2) is 0 Å². The van der Waals surface area contributed by atoms with Crippen LogP contribution in [0.3, 0.4) is 0 Å². The summed E-state index contributed by atoms with van der Waals surface area (Å²) in [6.45, 7) is 15.5. The minimum Gasteiger partial charge on any atom is -0.314 e. The smallest absolute Gasteiger partial charge is 0.0121 e. The van der Waals surface area contributed by atoms with Crippen LogP contribution in [0.5, 0.6) is 0 Å². The third-order valence-electron chi connectivity index (χ3n) is 3.36. The molecule has 2 heterocycles. The molecule has 0 spiro atoms. The molecule has 0 amide bonds. The minimum atomic E-state index is 0.873. The van der Waals surface area contributed by atoms with E-state index in [2.05, 4.69) is 22.2 Å². The van der Waals surface area contributed by atoms with Gasteiger partial charge in [0.2, 0.25) is 0 Å². The van der Waals surface area contributed by atoms with E-state index in [9.17, 15) is 0 Å². The zero-order valence-corrected chi connectivity index (χ0v) is 12.6. The summed E-state index contributed by atoms with van der Waals surface area (Å²) in [6, 6.07) is 0.873. The summed E-state index contributed by atoms with van der Waals surface area (Å²) in [4.78, 5) is 5.11. The van der Waals surface area contributed by atoms with E-state index >= 15 is 0 Å². The average Bonchev–Trinajstić information content (AvgIpc) is 2.45. The highest BCUT2D eigenvalue weighted by Gasteiger charge is 2.23. The van der Waals surface area contributed by atoms with Gasteiger partial charge in [-0.05, 0) is 33.0 Å². The van der Waals surface area contributed by atoms with E-state index in [-0.39, 0.29) is 0 Å². The molecule has 0 aliphatic carbocycles. The zero-order chi connectivity index (χ0) is 13.1. The standard InChI is InChI=1S/C10H21N3.2C2H6/c1-12-6-2-10(3-7-12)13-8-4-11-5-9-13;2*1-2/h10-11H,2-9H2,1H3;2*1-2H3. The van der Waals surface area contributed by atoms with E-state index in [1.807, 2.05) is 27.7 Å². The molecule has 2 aliphatic rings. The third kappa shape index (κ3) is 6.39. The van der Waals surface area contributed by atoms with Crippen LogP contribution in [0.1, 0.15) is 40.5 Å². The second-order valence-corrected chi connectivity index (χ2v) is 4.32. The highest BCUT2D eigenvalue weighted by atomic mass is 15.2. The lowest BCUT2D eigenvalue weighted by Gasteiger charge is -2.39. The van der Waals surface area contributed by atoms with Crippen LogP contribution in [0.2, 0.25) is 0 Å². The van der Waals surface area contributed by atoms with E-state index in [0.717, 1.165) is 6.04 Å². The Hall–Kier alpha value is -0.120. The Labute approximate surface area is 109 Å². The van der Waals surface area contributed by atoms with Gasteiger partial charge in [0, 0.05) is 32.2 Å². The van der Waals surface area contributed by atoms with Crippen LogP contribution >= 0.6 is 0 Å². The van der Waals surface area contributed by atoms with E-state index < -0.39 is 0 Å². The fourth-order valence-electron chi connectivity index (χ4n) is 2.41. The van der Waals surface area contributed by atoms with Crippen molar-refractivity contribution in [3.63, 3.8) is 0 Å². The lowest BCUT2D eigenvalue weighted by Crippen LogP contribution is -2.51. The maximum absolute atomic E-state index is 3.41. The molecular weight excluding hydrogens is 210 g/mol. The molecule has 2 rings (SSSR count). The summed E-state index contributed by atoms with van der Waals surface area (Å²) in [5, 5.41) is 3.41. The maximum Gasteiger partial charge on any atom is 0.0121 e. The number of hydrogen-bond acceptors (Lipinski definition) is 3. The van der Waals surface area contributed by atoms with Crippen molar-refractivity contribution in [2.24, 2.45) is 0 Å². The van der Waals surface area contributed by atoms with Crippen molar-refractivity contribution in [3.8, 4) is 0 Å². The van der Waals surface area contributed by atoms with E-state index in [0.29, 0.717) is 0 Å². The average molecular weight is 243 g/mol. The normalized spacial score (nSPS) is 23.1. The van der Waals surface area contributed by atoms with Crippen LogP contribution in [0.4, 0.5) is 0 Å². The molecule has 104 valence electrons. The summed E-state index contributed by atoms with van der Waals surface area (Å²) in [7, 11) is 2.23. The van der Waals surface area contributed by atoms with Crippen molar-refractivity contribution >= 4 is 0 Å². The van der Waals surface area contributed by atoms with E-state index in [1.54, 1.807) is 0 Å². The van der Waals surface area contributed by atoms with Gasteiger partial charge in [0.15, 0.2) is 0 Å². The Morgan fingerprint density at radius 1 is 0.824 bits per heavy atom. The second kappa shape index (κ2) is 11.0. The van der Waals surface area contributed by atoms with Crippen LogP contribution in [0.25, 0.3) is 0 Å². The number of piperidine rings is 1. The van der Waals surface area contributed by atoms with Gasteiger partial charge in [-0.3, -0.25) is 4.90 Å². The first-order valence-corrected chi connectivity index (χ1v) is 7.49. The number of piperazine rings is 1. The van der Waals surface area contributed by atoms with Crippen molar-refractivity contribution in [2.75, 3.05) is 46.3 Å². The van der Waals surface area contributed by atoms with Crippen LogP contribution in [0, 0.1) is 0 Å². The Morgan fingerprint density at radius 3 is 1.76 bits per heavy atom. The molecule has 1 N–H and O–H groups in total. The van der Waals surface area contributed by atoms with Gasteiger partial charge in [0.05, 0.1) is 0 Å². The van der Waals surface area contributed by atoms with Gasteiger partial charge in [-0.2, -0.15) is 0 Å². The molecule has 0 aromatic rings. The molecule has 0 saturated carbocycles. The Kier molecular flexibility index (Phi) is 10.9. The zero-order valence-electron chi connectivity index (χ0n) is 12.6. The fourth-order valence-corrected chi connectivity index (χ4v) is 2.41. The molecule has 0 aromatic heterocycles. The van der Waals surface area contributed by atoms with Gasteiger partial charge in [0.25, 0.3) is 0 Å². The summed E-state index contributed by atoms with van der Waals surface area (Å²) < 4.78 is 0. The highest BCUT2D eigenvalue weighted by Crippen LogP contribution is 2.15. The first-order valence-electron chi connectivity index (χ1n) is 7.49. The number of likely N-dealkylation sites (tertiary alicyclic amines) is 1. The van der Waals surface area contributed by atoms with Crippen molar-refractivity contribution in [1.29, 1.82) is 0 Å². The van der Waals surface area contributed by atoms with Crippen LogP contribution in [-0.4, -0.2) is 62.2 Å². The summed E-state index contributed by atoms with van der Waals surface area (Å²) >= 11 is 0. The molecule has 2 saturated heterocycles. The summed E-state index contributed by atoms with van der Waals surface area (Å²) in [5.74, 6) is 0. The molecule has 2 aliphatic heterocycles. The fraction of sp³-hybridized carbons (Fsp3) is 1.00. The first-order chi connectivity index (χ1) is 8.36. The molecule has 0 radical (unpaired) electrons. The predicted octanol–water partition coefficient (Wildman–Crippen LogP) is 2.04. The van der Waals surface area contributed by atoms with E-state index in [1.165, 1.54) is 52.1 Å². The molecule has 3 nitrogen and oxygen atoms in total. The number of nitrogens with one attached hydrogen (secondary N) is 1. The van der Waals surface area contributed by atoms with Gasteiger partial charge < -0.3 is 10.2 Å². The summed E-state index contributed by atoms with van der Waals surface area (Å²) in [6.07, 6.45) is 2.74. The van der Waals surface area contributed by atoms with Crippen molar-refractivity contribution in [2.45, 2.75) is 46.6 Å². The maximum atomic E-state index is 3.41.